The van der Waals surface area contributed by atoms with Gasteiger partial charge in [0.2, 0.25) is 0 Å². The number of halogens is 3. The summed E-state index contributed by atoms with van der Waals surface area (Å²) in [7, 11) is 1.25. The zero-order chi connectivity index (χ0) is 12.6. The number of rotatable bonds is 2. The molecule has 0 N–H and O–H groups in total. The van der Waals surface area contributed by atoms with Crippen molar-refractivity contribution in [2.75, 3.05) is 7.11 Å². The van der Waals surface area contributed by atoms with Crippen molar-refractivity contribution in [3.8, 4) is 0 Å². The van der Waals surface area contributed by atoms with Crippen LogP contribution in [-0.2, 0) is 16.0 Å². The zero-order valence-electron chi connectivity index (χ0n) is 8.72. The highest BCUT2D eigenvalue weighted by molar-refractivity contribution is 9.10. The highest BCUT2D eigenvalue weighted by atomic mass is 79.9. The molecule has 1 aromatic heterocycles. The third-order valence-electron chi connectivity index (χ3n) is 2.33. The van der Waals surface area contributed by atoms with Crippen LogP contribution in [0.25, 0.3) is 11.0 Å². The molecule has 6 heteroatoms. The van der Waals surface area contributed by atoms with E-state index in [1.54, 1.807) is 0 Å². The minimum Gasteiger partial charge on any atom is -0.469 e. The molecule has 0 aliphatic heterocycles. The number of furan rings is 1. The van der Waals surface area contributed by atoms with Gasteiger partial charge in [0.15, 0.2) is 16.3 Å². The van der Waals surface area contributed by atoms with Gasteiger partial charge >= 0.3 is 5.97 Å². The van der Waals surface area contributed by atoms with Crippen molar-refractivity contribution in [3.05, 3.63) is 34.0 Å². The van der Waals surface area contributed by atoms with Gasteiger partial charge in [-0.15, -0.1) is 0 Å². The maximum Gasteiger partial charge on any atom is 0.310 e. The normalized spacial score (nSPS) is 10.8. The molecule has 0 spiro atoms. The average Bonchev–Trinajstić information content (AvgIpc) is 2.56. The second-order valence-corrected chi connectivity index (χ2v) is 4.09. The van der Waals surface area contributed by atoms with E-state index < -0.39 is 17.6 Å². The summed E-state index contributed by atoms with van der Waals surface area (Å²) in [5.74, 6) is -2.47. The summed E-state index contributed by atoms with van der Waals surface area (Å²) in [4.78, 5) is 11.2. The van der Waals surface area contributed by atoms with Crippen LogP contribution in [0.15, 0.2) is 21.2 Å². The highest BCUT2D eigenvalue weighted by Crippen LogP contribution is 2.32. The van der Waals surface area contributed by atoms with Crippen LogP contribution in [0.2, 0.25) is 0 Å². The van der Waals surface area contributed by atoms with Crippen LogP contribution < -0.4 is 0 Å². The Morgan fingerprint density at radius 1 is 1.41 bits per heavy atom. The molecule has 0 saturated heterocycles. The fourth-order valence-electron chi connectivity index (χ4n) is 1.49. The van der Waals surface area contributed by atoms with E-state index in [2.05, 4.69) is 20.7 Å². The first-order valence-corrected chi connectivity index (χ1v) is 5.45. The summed E-state index contributed by atoms with van der Waals surface area (Å²) in [5, 5.41) is 0.348. The topological polar surface area (TPSA) is 39.4 Å². The molecule has 0 radical (unpaired) electrons. The van der Waals surface area contributed by atoms with Crippen LogP contribution in [-0.4, -0.2) is 13.1 Å². The molecular weight excluding hydrogens is 298 g/mol. The minimum atomic E-state index is -0.997. The van der Waals surface area contributed by atoms with Crippen LogP contribution in [0.4, 0.5) is 8.78 Å². The molecular formula is C11H7BrF2O3. The Morgan fingerprint density at radius 3 is 2.71 bits per heavy atom. The van der Waals surface area contributed by atoms with Gasteiger partial charge < -0.3 is 9.15 Å². The Morgan fingerprint density at radius 2 is 2.06 bits per heavy atom. The second-order valence-electron chi connectivity index (χ2n) is 3.37. The van der Waals surface area contributed by atoms with Gasteiger partial charge in [0.05, 0.1) is 13.5 Å². The molecule has 0 saturated carbocycles. The molecule has 0 unspecified atom stereocenters. The van der Waals surface area contributed by atoms with Crippen molar-refractivity contribution in [1.82, 2.24) is 0 Å². The van der Waals surface area contributed by atoms with Crippen molar-refractivity contribution in [2.24, 2.45) is 0 Å². The molecule has 2 rings (SSSR count). The SMILES string of the molecule is COC(=O)Cc1c(Br)oc2cc(F)c(F)cc12. The number of benzene rings is 1. The summed E-state index contributed by atoms with van der Waals surface area (Å²) in [5.41, 5.74) is 0.612. The van der Waals surface area contributed by atoms with Crippen molar-refractivity contribution in [1.29, 1.82) is 0 Å². The second kappa shape index (κ2) is 4.44. The van der Waals surface area contributed by atoms with E-state index in [0.717, 1.165) is 12.1 Å². The van der Waals surface area contributed by atoms with Crippen LogP contribution >= 0.6 is 15.9 Å². The van der Waals surface area contributed by atoms with E-state index in [1.165, 1.54) is 7.11 Å². The fraction of sp³-hybridized carbons (Fsp3) is 0.182. The van der Waals surface area contributed by atoms with Crippen molar-refractivity contribution in [2.45, 2.75) is 6.42 Å². The Balaban J connectivity index is 2.58. The quantitative estimate of drug-likeness (QED) is 0.800. The van der Waals surface area contributed by atoms with Crippen molar-refractivity contribution >= 4 is 32.9 Å². The van der Waals surface area contributed by atoms with Gasteiger partial charge in [-0.2, -0.15) is 0 Å². The Labute approximate surface area is 103 Å². The number of esters is 1. The monoisotopic (exact) mass is 304 g/mol. The standard InChI is InChI=1S/C11H7BrF2O3/c1-16-10(15)3-6-5-2-7(13)8(14)4-9(5)17-11(6)12/h2,4H,3H2,1H3. The smallest absolute Gasteiger partial charge is 0.310 e. The fourth-order valence-corrected chi connectivity index (χ4v) is 2.02. The number of fused-ring (bicyclic) bond motifs is 1. The predicted molar refractivity (Wildman–Crippen MR) is 59.6 cm³/mol. The number of methoxy groups -OCH3 is 1. The summed E-state index contributed by atoms with van der Waals surface area (Å²) < 4.78 is 36.0. The Hall–Kier alpha value is -1.43. The summed E-state index contributed by atoms with van der Waals surface area (Å²) >= 11 is 3.10. The number of ether oxygens (including phenoxy) is 1. The van der Waals surface area contributed by atoms with Crippen molar-refractivity contribution < 1.29 is 22.7 Å². The first kappa shape index (κ1) is 12.0. The zero-order valence-corrected chi connectivity index (χ0v) is 10.3. The molecule has 1 heterocycles. The van der Waals surface area contributed by atoms with Crippen LogP contribution in [0.3, 0.4) is 0 Å². The third kappa shape index (κ3) is 2.17. The average molecular weight is 305 g/mol. The number of carbonyl (C=O) groups is 1. The van der Waals surface area contributed by atoms with Gasteiger partial charge in [0.1, 0.15) is 5.58 Å². The molecule has 0 fully saturated rings. The number of hydrogen-bond acceptors (Lipinski definition) is 3. The molecule has 90 valence electrons. The molecule has 3 nitrogen and oxygen atoms in total. The lowest BCUT2D eigenvalue weighted by atomic mass is 10.1. The van der Waals surface area contributed by atoms with E-state index in [4.69, 9.17) is 4.42 Å². The van der Waals surface area contributed by atoms with E-state index in [1.807, 2.05) is 0 Å². The molecule has 2 aromatic rings. The first-order chi connectivity index (χ1) is 8.02. The summed E-state index contributed by atoms with van der Waals surface area (Å²) in [6.07, 6.45) is -0.0743. The van der Waals surface area contributed by atoms with Gasteiger partial charge in [-0.3, -0.25) is 4.79 Å². The Bertz CT molecular complexity index is 592. The molecule has 0 amide bonds. The van der Waals surface area contributed by atoms with Gasteiger partial charge in [-0.1, -0.05) is 0 Å². The molecule has 0 atom stereocenters. The first-order valence-electron chi connectivity index (χ1n) is 4.65. The lowest BCUT2D eigenvalue weighted by molar-refractivity contribution is -0.139. The van der Waals surface area contributed by atoms with E-state index in [0.29, 0.717) is 10.9 Å². The highest BCUT2D eigenvalue weighted by Gasteiger charge is 2.18. The van der Waals surface area contributed by atoms with E-state index in [9.17, 15) is 13.6 Å². The summed E-state index contributed by atoms with van der Waals surface area (Å²) in [6.45, 7) is 0. The van der Waals surface area contributed by atoms with Crippen LogP contribution in [0, 0.1) is 11.6 Å². The molecule has 0 aliphatic carbocycles. The van der Waals surface area contributed by atoms with Crippen LogP contribution in [0.5, 0.6) is 0 Å². The maximum absolute atomic E-state index is 13.1. The number of carbonyl (C=O) groups excluding carboxylic acids is 1. The van der Waals surface area contributed by atoms with Crippen molar-refractivity contribution in [3.63, 3.8) is 0 Å². The summed E-state index contributed by atoms with van der Waals surface area (Å²) in [6, 6.07) is 1.94. The van der Waals surface area contributed by atoms with E-state index in [-0.39, 0.29) is 16.7 Å². The lowest BCUT2D eigenvalue weighted by Gasteiger charge is -1.98. The molecule has 1 aromatic carbocycles. The minimum absolute atomic E-state index is 0.0743. The lowest BCUT2D eigenvalue weighted by Crippen LogP contribution is -2.04. The Kier molecular flexibility index (Phi) is 3.15. The van der Waals surface area contributed by atoms with Crippen LogP contribution in [0.1, 0.15) is 5.56 Å². The van der Waals surface area contributed by atoms with Gasteiger partial charge in [-0.05, 0) is 22.0 Å². The van der Waals surface area contributed by atoms with Gasteiger partial charge in [0.25, 0.3) is 0 Å². The molecule has 0 bridgehead atoms. The van der Waals surface area contributed by atoms with Gasteiger partial charge in [-0.25, -0.2) is 8.78 Å². The third-order valence-corrected chi connectivity index (χ3v) is 2.97. The van der Waals surface area contributed by atoms with E-state index >= 15 is 0 Å². The molecule has 0 aliphatic rings. The number of hydrogen-bond donors (Lipinski definition) is 0. The molecule has 17 heavy (non-hydrogen) atoms. The largest absolute Gasteiger partial charge is 0.469 e. The predicted octanol–water partition coefficient (Wildman–Crippen LogP) is 3.19. The maximum atomic E-state index is 13.1. The van der Waals surface area contributed by atoms with Gasteiger partial charge in [0, 0.05) is 17.0 Å².